The van der Waals surface area contributed by atoms with Gasteiger partial charge >= 0.3 is 0 Å². The van der Waals surface area contributed by atoms with Gasteiger partial charge < -0.3 is 5.32 Å². The first-order chi connectivity index (χ1) is 7.93. The van der Waals surface area contributed by atoms with Crippen LogP contribution in [-0.4, -0.2) is 22.2 Å². The summed E-state index contributed by atoms with van der Waals surface area (Å²) in [6.07, 6.45) is 0. The van der Waals surface area contributed by atoms with E-state index in [0.717, 1.165) is 0 Å². The van der Waals surface area contributed by atoms with E-state index >= 15 is 0 Å². The highest BCUT2D eigenvalue weighted by molar-refractivity contribution is 9.09. The zero-order valence-corrected chi connectivity index (χ0v) is 11.3. The predicted octanol–water partition coefficient (Wildman–Crippen LogP) is 2.76. The number of hydrogen-bond acceptors (Lipinski definition) is 3. The van der Waals surface area contributed by atoms with Crippen molar-refractivity contribution in [1.29, 1.82) is 0 Å². The molecule has 0 aromatic heterocycles. The number of nitrogens with one attached hydrogen (secondary N) is 1. The largest absolute Gasteiger partial charge is 0.349 e. The predicted molar refractivity (Wildman–Crippen MR) is 68.8 cm³/mol. The molecule has 0 saturated heterocycles. The molecule has 0 bridgehead atoms. The number of carbonyl (C=O) groups is 1. The molecule has 0 aliphatic carbocycles. The molecule has 0 heterocycles. The van der Waals surface area contributed by atoms with Crippen molar-refractivity contribution in [3.05, 3.63) is 38.9 Å². The Labute approximate surface area is 111 Å². The first-order valence-corrected chi connectivity index (χ1v) is 6.25. The number of alkyl halides is 1. The van der Waals surface area contributed by atoms with Gasteiger partial charge in [0.2, 0.25) is 0 Å². The highest BCUT2D eigenvalue weighted by Gasteiger charge is 2.15. The van der Waals surface area contributed by atoms with Crippen LogP contribution in [0.4, 0.5) is 5.69 Å². The lowest BCUT2D eigenvalue weighted by atomic mass is 10.2. The Balaban J connectivity index is 2.97. The fraction of sp³-hybridized carbons (Fsp3) is 0.300. The highest BCUT2D eigenvalue weighted by Crippen LogP contribution is 2.20. The van der Waals surface area contributed by atoms with Crippen molar-refractivity contribution < 1.29 is 9.72 Å². The van der Waals surface area contributed by atoms with Gasteiger partial charge in [-0.1, -0.05) is 27.5 Å². The Morgan fingerprint density at radius 1 is 1.59 bits per heavy atom. The fourth-order valence-corrected chi connectivity index (χ4v) is 1.55. The van der Waals surface area contributed by atoms with Gasteiger partial charge in [0.05, 0.1) is 4.92 Å². The van der Waals surface area contributed by atoms with Crippen molar-refractivity contribution in [2.45, 2.75) is 13.0 Å². The van der Waals surface area contributed by atoms with E-state index in [0.29, 0.717) is 5.33 Å². The minimum atomic E-state index is -0.587. The Morgan fingerprint density at radius 3 is 2.76 bits per heavy atom. The van der Waals surface area contributed by atoms with Gasteiger partial charge in [-0.15, -0.1) is 0 Å². The quantitative estimate of drug-likeness (QED) is 0.526. The summed E-state index contributed by atoms with van der Waals surface area (Å²) in [6.45, 7) is 1.81. The molecular formula is C10H10BrClN2O3. The van der Waals surface area contributed by atoms with Crippen LogP contribution in [0.1, 0.15) is 17.3 Å². The number of benzene rings is 1. The van der Waals surface area contributed by atoms with Gasteiger partial charge in [0, 0.05) is 34.1 Å². The number of carbonyl (C=O) groups excluding carboxylic acids is 1. The van der Waals surface area contributed by atoms with Crippen molar-refractivity contribution in [3.8, 4) is 0 Å². The van der Waals surface area contributed by atoms with Gasteiger partial charge in [-0.2, -0.15) is 0 Å². The third-order valence-electron chi connectivity index (χ3n) is 1.96. The monoisotopic (exact) mass is 320 g/mol. The van der Waals surface area contributed by atoms with Crippen LogP contribution >= 0.6 is 27.5 Å². The van der Waals surface area contributed by atoms with Gasteiger partial charge in [0.15, 0.2) is 0 Å². The summed E-state index contributed by atoms with van der Waals surface area (Å²) < 4.78 is 0. The van der Waals surface area contributed by atoms with Gasteiger partial charge in [0.1, 0.15) is 0 Å². The molecule has 1 aromatic carbocycles. The number of hydrogen-bond donors (Lipinski definition) is 1. The van der Waals surface area contributed by atoms with Crippen molar-refractivity contribution in [1.82, 2.24) is 5.32 Å². The third-order valence-corrected chi connectivity index (χ3v) is 3.15. The number of non-ortho nitro benzene ring substituents is 1. The van der Waals surface area contributed by atoms with Gasteiger partial charge in [-0.05, 0) is 13.0 Å². The number of halogens is 2. The fourth-order valence-electron chi connectivity index (χ4n) is 1.16. The maximum absolute atomic E-state index is 11.7. The van der Waals surface area contributed by atoms with Gasteiger partial charge in [0.25, 0.3) is 11.6 Å². The lowest BCUT2D eigenvalue weighted by Gasteiger charge is -2.10. The summed E-state index contributed by atoms with van der Waals surface area (Å²) in [5.74, 6) is -0.387. The summed E-state index contributed by atoms with van der Waals surface area (Å²) in [4.78, 5) is 21.8. The van der Waals surface area contributed by atoms with Crippen LogP contribution in [0.5, 0.6) is 0 Å². The number of nitro benzene ring substituents is 1. The normalized spacial score (nSPS) is 11.9. The van der Waals surface area contributed by atoms with Crippen LogP contribution in [0, 0.1) is 10.1 Å². The Bertz CT molecular complexity index is 453. The van der Waals surface area contributed by atoms with Gasteiger partial charge in [-0.25, -0.2) is 0 Å². The minimum Gasteiger partial charge on any atom is -0.349 e. The molecule has 1 N–H and O–H groups in total. The molecule has 0 saturated carbocycles. The highest BCUT2D eigenvalue weighted by atomic mass is 79.9. The molecule has 92 valence electrons. The van der Waals surface area contributed by atoms with Crippen LogP contribution in [0.25, 0.3) is 0 Å². The topological polar surface area (TPSA) is 72.2 Å². The molecule has 1 amide bonds. The minimum absolute atomic E-state index is 0.0689. The number of amides is 1. The number of nitro groups is 1. The van der Waals surface area contributed by atoms with E-state index in [1.165, 1.54) is 18.2 Å². The molecule has 1 unspecified atom stereocenters. The Hall–Kier alpha value is -1.14. The second-order valence-electron chi connectivity index (χ2n) is 3.48. The molecule has 1 rings (SSSR count). The van der Waals surface area contributed by atoms with Crippen molar-refractivity contribution in [3.63, 3.8) is 0 Å². The Kier molecular flexibility index (Phi) is 4.89. The van der Waals surface area contributed by atoms with E-state index in [1.807, 2.05) is 6.92 Å². The van der Waals surface area contributed by atoms with E-state index < -0.39 is 4.92 Å². The molecule has 0 aliphatic rings. The molecule has 0 radical (unpaired) electrons. The standard InChI is InChI=1S/C10H10BrClN2O3/c1-6(5-11)13-10(15)7-2-8(12)4-9(3-7)14(16)17/h2-4,6H,5H2,1H3,(H,13,15). The molecule has 0 aliphatic heterocycles. The van der Waals surface area contributed by atoms with Crippen molar-refractivity contribution in [2.24, 2.45) is 0 Å². The lowest BCUT2D eigenvalue weighted by molar-refractivity contribution is -0.384. The van der Waals surface area contributed by atoms with E-state index in [-0.39, 0.29) is 28.2 Å². The van der Waals surface area contributed by atoms with E-state index in [9.17, 15) is 14.9 Å². The summed E-state index contributed by atoms with van der Waals surface area (Å²) in [7, 11) is 0. The van der Waals surface area contributed by atoms with E-state index in [2.05, 4.69) is 21.2 Å². The summed E-state index contributed by atoms with van der Waals surface area (Å²) in [6, 6.07) is 3.72. The molecule has 17 heavy (non-hydrogen) atoms. The SMILES string of the molecule is CC(CBr)NC(=O)c1cc(Cl)cc([N+](=O)[O-])c1. The molecule has 5 nitrogen and oxygen atoms in total. The maximum atomic E-state index is 11.7. The molecule has 0 fully saturated rings. The van der Waals surface area contributed by atoms with Crippen LogP contribution in [0.2, 0.25) is 5.02 Å². The second kappa shape index (κ2) is 5.97. The van der Waals surface area contributed by atoms with Crippen LogP contribution in [0.3, 0.4) is 0 Å². The zero-order chi connectivity index (χ0) is 13.0. The van der Waals surface area contributed by atoms with Crippen LogP contribution in [-0.2, 0) is 0 Å². The number of nitrogens with zero attached hydrogens (tertiary/aromatic N) is 1. The average molecular weight is 322 g/mol. The molecule has 7 heteroatoms. The van der Waals surface area contributed by atoms with Crippen LogP contribution < -0.4 is 5.32 Å². The molecule has 0 spiro atoms. The maximum Gasteiger partial charge on any atom is 0.271 e. The van der Waals surface area contributed by atoms with Crippen molar-refractivity contribution in [2.75, 3.05) is 5.33 Å². The summed E-state index contributed by atoms with van der Waals surface area (Å²) in [5.41, 5.74) is -0.0221. The molecule has 1 aromatic rings. The summed E-state index contributed by atoms with van der Waals surface area (Å²) in [5, 5.41) is 14.0. The summed E-state index contributed by atoms with van der Waals surface area (Å²) >= 11 is 8.93. The smallest absolute Gasteiger partial charge is 0.271 e. The Morgan fingerprint density at radius 2 is 2.24 bits per heavy atom. The van der Waals surface area contributed by atoms with Gasteiger partial charge in [-0.3, -0.25) is 14.9 Å². The average Bonchev–Trinajstić information content (AvgIpc) is 2.27. The lowest BCUT2D eigenvalue weighted by Crippen LogP contribution is -2.33. The zero-order valence-electron chi connectivity index (χ0n) is 8.94. The van der Waals surface area contributed by atoms with E-state index in [1.54, 1.807) is 0 Å². The molecular weight excluding hydrogens is 311 g/mol. The number of rotatable bonds is 4. The molecule has 1 atom stereocenters. The first kappa shape index (κ1) is 13.9. The van der Waals surface area contributed by atoms with E-state index in [4.69, 9.17) is 11.6 Å². The van der Waals surface area contributed by atoms with Crippen LogP contribution in [0.15, 0.2) is 18.2 Å². The first-order valence-electron chi connectivity index (χ1n) is 4.76. The second-order valence-corrected chi connectivity index (χ2v) is 4.57. The third kappa shape index (κ3) is 3.98. The van der Waals surface area contributed by atoms with Crippen molar-refractivity contribution >= 4 is 39.1 Å².